The van der Waals surface area contributed by atoms with E-state index in [1.807, 2.05) is 26.0 Å². The monoisotopic (exact) mass is 384 g/mol. The molecule has 0 aromatic carbocycles. The summed E-state index contributed by atoms with van der Waals surface area (Å²) >= 11 is 1.21. The van der Waals surface area contributed by atoms with E-state index < -0.39 is 0 Å². The van der Waals surface area contributed by atoms with Crippen LogP contribution in [0.2, 0.25) is 0 Å². The predicted octanol–water partition coefficient (Wildman–Crippen LogP) is 2.92. The van der Waals surface area contributed by atoms with Crippen molar-refractivity contribution in [2.45, 2.75) is 20.0 Å². The minimum atomic E-state index is -0.122. The Labute approximate surface area is 161 Å². The van der Waals surface area contributed by atoms with E-state index in [9.17, 15) is 4.79 Å². The van der Waals surface area contributed by atoms with Crippen LogP contribution in [-0.4, -0.2) is 50.0 Å². The first-order chi connectivity index (χ1) is 13.0. The number of nitrogens with one attached hydrogen (secondary N) is 1. The van der Waals surface area contributed by atoms with Crippen LogP contribution in [0.3, 0.4) is 0 Å². The van der Waals surface area contributed by atoms with Crippen LogP contribution < -0.4 is 10.1 Å². The van der Waals surface area contributed by atoms with E-state index in [0.29, 0.717) is 34.6 Å². The van der Waals surface area contributed by atoms with Gasteiger partial charge in [-0.2, -0.15) is 9.36 Å². The molecule has 3 aromatic heterocycles. The smallest absolute Gasteiger partial charge is 0.256 e. The van der Waals surface area contributed by atoms with Gasteiger partial charge in [0.15, 0.2) is 5.82 Å². The number of aromatic nitrogens is 4. The van der Waals surface area contributed by atoms with E-state index in [1.54, 1.807) is 42.7 Å². The Morgan fingerprint density at radius 3 is 2.81 bits per heavy atom. The average Bonchev–Trinajstić information content (AvgIpc) is 3.15. The molecular formula is C18H20N6O2S. The lowest BCUT2D eigenvalue weighted by Crippen LogP contribution is -2.31. The Morgan fingerprint density at radius 1 is 1.30 bits per heavy atom. The van der Waals surface area contributed by atoms with Crippen molar-refractivity contribution in [1.29, 1.82) is 0 Å². The number of hydrogen-bond donors (Lipinski definition) is 1. The van der Waals surface area contributed by atoms with E-state index in [4.69, 9.17) is 4.74 Å². The number of carbonyl (C=O) groups excluding carboxylic acids is 1. The summed E-state index contributed by atoms with van der Waals surface area (Å²) in [5.74, 6) is 1.11. The van der Waals surface area contributed by atoms with Crippen molar-refractivity contribution in [3.8, 4) is 17.3 Å². The van der Waals surface area contributed by atoms with Gasteiger partial charge in [0.25, 0.3) is 5.91 Å². The van der Waals surface area contributed by atoms with Gasteiger partial charge < -0.3 is 15.0 Å². The molecule has 3 aromatic rings. The van der Waals surface area contributed by atoms with E-state index in [0.717, 1.165) is 0 Å². The first-order valence-electron chi connectivity index (χ1n) is 8.39. The first-order valence-corrected chi connectivity index (χ1v) is 9.16. The molecule has 140 valence electrons. The van der Waals surface area contributed by atoms with E-state index >= 15 is 0 Å². The second-order valence-electron chi connectivity index (χ2n) is 6.05. The van der Waals surface area contributed by atoms with E-state index in [-0.39, 0.29) is 12.0 Å². The Bertz CT molecular complexity index is 882. The van der Waals surface area contributed by atoms with Gasteiger partial charge >= 0.3 is 0 Å². The minimum absolute atomic E-state index is 0.0946. The molecule has 0 aliphatic rings. The molecule has 9 heteroatoms. The van der Waals surface area contributed by atoms with Gasteiger partial charge in [0.05, 0.1) is 24.5 Å². The summed E-state index contributed by atoms with van der Waals surface area (Å²) in [5, 5.41) is 3.71. The normalized spacial score (nSPS) is 10.7. The molecule has 3 rings (SSSR count). The molecule has 0 saturated heterocycles. The number of anilines is 1. The molecule has 0 saturated carbocycles. The van der Waals surface area contributed by atoms with Gasteiger partial charge in [-0.1, -0.05) is 0 Å². The lowest BCUT2D eigenvalue weighted by Gasteiger charge is -2.17. The zero-order valence-corrected chi connectivity index (χ0v) is 16.1. The maximum absolute atomic E-state index is 12.3. The minimum Gasteiger partial charge on any atom is -0.489 e. The molecule has 8 nitrogen and oxygen atoms in total. The third-order valence-corrected chi connectivity index (χ3v) is 4.16. The Balaban J connectivity index is 1.58. The molecule has 3 heterocycles. The maximum atomic E-state index is 12.3. The number of pyridine rings is 2. The van der Waals surface area contributed by atoms with Crippen molar-refractivity contribution in [2.75, 3.05) is 19.0 Å². The number of carbonyl (C=O) groups is 1. The molecule has 1 N–H and O–H groups in total. The summed E-state index contributed by atoms with van der Waals surface area (Å²) in [7, 11) is 1.71. The highest BCUT2D eigenvalue weighted by molar-refractivity contribution is 7.09. The standard InChI is InChI=1S/C18H20N6O2S/c1-12(2)26-14-6-7-15(20-10-14)16-22-18(27-23-16)21-11-24(3)17(25)13-5-4-8-19-9-13/h4-10,12H,11H2,1-3H3,(H,21,22,23). The zero-order valence-electron chi connectivity index (χ0n) is 15.3. The van der Waals surface area contributed by atoms with Crippen molar-refractivity contribution in [1.82, 2.24) is 24.2 Å². The number of rotatable bonds is 7. The Hall–Kier alpha value is -3.07. The van der Waals surface area contributed by atoms with Gasteiger partial charge in [-0.25, -0.2) is 4.98 Å². The SMILES string of the molecule is CC(C)Oc1ccc(-c2nsc(NCN(C)C(=O)c3cccnc3)n2)nc1. The number of nitrogens with zero attached hydrogens (tertiary/aromatic N) is 5. The maximum Gasteiger partial charge on any atom is 0.256 e. The number of ether oxygens (including phenoxy) is 1. The van der Waals surface area contributed by atoms with Gasteiger partial charge in [0.2, 0.25) is 5.13 Å². The second-order valence-corrected chi connectivity index (χ2v) is 6.80. The van der Waals surface area contributed by atoms with Crippen LogP contribution in [0.5, 0.6) is 5.75 Å². The molecule has 0 aliphatic carbocycles. The van der Waals surface area contributed by atoms with E-state index in [1.165, 1.54) is 11.5 Å². The van der Waals surface area contributed by atoms with Crippen molar-refractivity contribution < 1.29 is 9.53 Å². The Morgan fingerprint density at radius 2 is 2.15 bits per heavy atom. The summed E-state index contributed by atoms with van der Waals surface area (Å²) in [6, 6.07) is 7.13. The molecule has 0 radical (unpaired) electrons. The van der Waals surface area contributed by atoms with Crippen molar-refractivity contribution >= 4 is 22.6 Å². The van der Waals surface area contributed by atoms with Gasteiger partial charge in [0.1, 0.15) is 11.4 Å². The van der Waals surface area contributed by atoms with Gasteiger partial charge in [-0.3, -0.25) is 9.78 Å². The summed E-state index contributed by atoms with van der Waals surface area (Å²) in [6.07, 6.45) is 4.93. The van der Waals surface area contributed by atoms with Gasteiger partial charge in [-0.15, -0.1) is 0 Å². The molecule has 0 bridgehead atoms. The van der Waals surface area contributed by atoms with Crippen LogP contribution in [0, 0.1) is 0 Å². The Kier molecular flexibility index (Phi) is 5.92. The molecular weight excluding hydrogens is 364 g/mol. The molecule has 0 aliphatic heterocycles. The average molecular weight is 384 g/mol. The highest BCUT2D eigenvalue weighted by Crippen LogP contribution is 2.21. The molecule has 0 fully saturated rings. The number of amides is 1. The predicted molar refractivity (Wildman–Crippen MR) is 104 cm³/mol. The quantitative estimate of drug-likeness (QED) is 0.626. The number of hydrogen-bond acceptors (Lipinski definition) is 8. The molecule has 0 atom stereocenters. The van der Waals surface area contributed by atoms with E-state index in [2.05, 4.69) is 24.6 Å². The lowest BCUT2D eigenvalue weighted by molar-refractivity contribution is 0.0804. The summed E-state index contributed by atoms with van der Waals surface area (Å²) in [5.41, 5.74) is 1.20. The fraction of sp³-hybridized carbons (Fsp3) is 0.278. The zero-order chi connectivity index (χ0) is 19.2. The third-order valence-electron chi connectivity index (χ3n) is 3.49. The first kappa shape index (κ1) is 18.7. The molecule has 0 unspecified atom stereocenters. The van der Waals surface area contributed by atoms with Crippen LogP contribution in [0.25, 0.3) is 11.5 Å². The van der Waals surface area contributed by atoms with Crippen molar-refractivity contribution in [3.05, 3.63) is 48.4 Å². The summed E-state index contributed by atoms with van der Waals surface area (Å²) in [6.45, 7) is 4.23. The van der Waals surface area contributed by atoms with Gasteiger partial charge in [0, 0.05) is 31.0 Å². The lowest BCUT2D eigenvalue weighted by atomic mass is 10.2. The van der Waals surface area contributed by atoms with Crippen molar-refractivity contribution in [3.63, 3.8) is 0 Å². The molecule has 27 heavy (non-hydrogen) atoms. The second kappa shape index (κ2) is 8.54. The van der Waals surface area contributed by atoms with Gasteiger partial charge in [-0.05, 0) is 38.1 Å². The molecule has 1 amide bonds. The van der Waals surface area contributed by atoms with Crippen LogP contribution in [0.1, 0.15) is 24.2 Å². The summed E-state index contributed by atoms with van der Waals surface area (Å²) < 4.78 is 9.89. The highest BCUT2D eigenvalue weighted by Gasteiger charge is 2.13. The van der Waals surface area contributed by atoms with Crippen molar-refractivity contribution in [2.24, 2.45) is 0 Å². The van der Waals surface area contributed by atoms with Crippen LogP contribution in [-0.2, 0) is 0 Å². The largest absolute Gasteiger partial charge is 0.489 e. The topological polar surface area (TPSA) is 93.1 Å². The fourth-order valence-corrected chi connectivity index (χ4v) is 2.79. The van der Waals surface area contributed by atoms with Crippen LogP contribution in [0.4, 0.5) is 5.13 Å². The fourth-order valence-electron chi connectivity index (χ4n) is 2.22. The third kappa shape index (κ3) is 4.98. The highest BCUT2D eigenvalue weighted by atomic mass is 32.1. The van der Waals surface area contributed by atoms with Crippen LogP contribution >= 0.6 is 11.5 Å². The summed E-state index contributed by atoms with van der Waals surface area (Å²) in [4.78, 5) is 26.6. The van der Waals surface area contributed by atoms with Crippen LogP contribution in [0.15, 0.2) is 42.9 Å². The molecule has 0 spiro atoms.